The Labute approximate surface area is 114 Å². The molecule has 6 heteroatoms. The molecule has 0 aliphatic rings. The largest absolute Gasteiger partial charge is 0.505 e. The molecule has 0 saturated carbocycles. The molecule has 0 saturated heterocycles. The average Bonchev–Trinajstić information content (AvgIpc) is 2.41. The number of ether oxygens (including phenoxy) is 1. The topological polar surface area (TPSA) is 71.5 Å². The maximum Gasteiger partial charge on any atom is 0.278 e. The quantitative estimate of drug-likeness (QED) is 0.905. The molecule has 0 aliphatic carbocycles. The van der Waals surface area contributed by atoms with Crippen LogP contribution >= 0.6 is 11.6 Å². The molecule has 0 bridgehead atoms. The van der Waals surface area contributed by atoms with E-state index in [1.165, 1.54) is 25.4 Å². The number of methoxy groups -OCH3 is 1. The Hall–Kier alpha value is -2.27. The highest BCUT2D eigenvalue weighted by atomic mass is 35.5. The molecule has 2 aromatic rings. The maximum atomic E-state index is 11.9. The van der Waals surface area contributed by atoms with E-state index in [4.69, 9.17) is 16.3 Å². The van der Waals surface area contributed by atoms with Gasteiger partial charge in [-0.15, -0.1) is 0 Å². The molecule has 1 aromatic carbocycles. The van der Waals surface area contributed by atoms with E-state index in [9.17, 15) is 9.90 Å². The lowest BCUT2D eigenvalue weighted by Gasteiger charge is -2.08. The number of pyridine rings is 1. The molecule has 0 radical (unpaired) electrons. The van der Waals surface area contributed by atoms with Crippen LogP contribution in [0.3, 0.4) is 0 Å². The molecule has 1 amide bonds. The Balaban J connectivity index is 2.22. The molecule has 19 heavy (non-hydrogen) atoms. The van der Waals surface area contributed by atoms with Crippen LogP contribution in [0.1, 0.15) is 10.5 Å². The van der Waals surface area contributed by atoms with E-state index in [0.29, 0.717) is 16.5 Å². The lowest BCUT2D eigenvalue weighted by Crippen LogP contribution is -2.13. The van der Waals surface area contributed by atoms with Crippen LogP contribution in [0.2, 0.25) is 5.02 Å². The van der Waals surface area contributed by atoms with Gasteiger partial charge in [-0.2, -0.15) is 0 Å². The first-order valence-corrected chi connectivity index (χ1v) is 5.78. The van der Waals surface area contributed by atoms with Gasteiger partial charge in [-0.05, 0) is 24.3 Å². The van der Waals surface area contributed by atoms with Crippen LogP contribution in [0.25, 0.3) is 0 Å². The molecule has 1 heterocycles. The highest BCUT2D eigenvalue weighted by Gasteiger charge is 2.13. The minimum Gasteiger partial charge on any atom is -0.505 e. The van der Waals surface area contributed by atoms with Crippen molar-refractivity contribution < 1.29 is 14.6 Å². The van der Waals surface area contributed by atoms with Crippen LogP contribution in [0.5, 0.6) is 11.5 Å². The van der Waals surface area contributed by atoms with Crippen LogP contribution in [-0.2, 0) is 0 Å². The summed E-state index contributed by atoms with van der Waals surface area (Å²) in [5, 5.41) is 12.6. The number of carbonyl (C=O) groups is 1. The number of carbonyl (C=O) groups excluding carboxylic acids is 1. The van der Waals surface area contributed by atoms with Gasteiger partial charge in [0.05, 0.1) is 12.1 Å². The van der Waals surface area contributed by atoms with Crippen molar-refractivity contribution in [1.29, 1.82) is 0 Å². The lowest BCUT2D eigenvalue weighted by atomic mass is 10.2. The van der Waals surface area contributed by atoms with E-state index < -0.39 is 5.91 Å². The Bertz CT molecular complexity index is 617. The van der Waals surface area contributed by atoms with E-state index in [1.54, 1.807) is 18.2 Å². The van der Waals surface area contributed by atoms with Crippen molar-refractivity contribution >= 4 is 23.2 Å². The third-order valence-corrected chi connectivity index (χ3v) is 2.72. The second kappa shape index (κ2) is 5.58. The normalized spacial score (nSPS) is 10.0. The van der Waals surface area contributed by atoms with Gasteiger partial charge in [-0.25, -0.2) is 4.98 Å². The van der Waals surface area contributed by atoms with Crippen molar-refractivity contribution in [2.24, 2.45) is 0 Å². The Morgan fingerprint density at radius 3 is 2.89 bits per heavy atom. The van der Waals surface area contributed by atoms with Gasteiger partial charge in [-0.1, -0.05) is 11.6 Å². The number of aromatic hydroxyl groups is 1. The Morgan fingerprint density at radius 2 is 2.21 bits per heavy atom. The summed E-state index contributed by atoms with van der Waals surface area (Å²) in [6, 6.07) is 7.75. The summed E-state index contributed by atoms with van der Waals surface area (Å²) in [5.74, 6) is -0.242. The van der Waals surface area contributed by atoms with Crippen molar-refractivity contribution in [3.05, 3.63) is 47.2 Å². The number of anilines is 1. The first-order valence-electron chi connectivity index (χ1n) is 5.40. The van der Waals surface area contributed by atoms with Crippen molar-refractivity contribution in [2.75, 3.05) is 12.4 Å². The zero-order valence-electron chi connectivity index (χ0n) is 10.1. The number of amides is 1. The zero-order valence-corrected chi connectivity index (χ0v) is 10.8. The molecule has 0 spiro atoms. The number of benzene rings is 1. The van der Waals surface area contributed by atoms with Gasteiger partial charge >= 0.3 is 0 Å². The zero-order chi connectivity index (χ0) is 13.8. The van der Waals surface area contributed by atoms with E-state index >= 15 is 0 Å². The van der Waals surface area contributed by atoms with Crippen molar-refractivity contribution in [3.63, 3.8) is 0 Å². The fourth-order valence-electron chi connectivity index (χ4n) is 1.50. The van der Waals surface area contributed by atoms with E-state index in [2.05, 4.69) is 10.3 Å². The minimum absolute atomic E-state index is 0.0450. The second-order valence-corrected chi connectivity index (χ2v) is 4.08. The molecule has 1 aromatic heterocycles. The number of rotatable bonds is 3. The fourth-order valence-corrected chi connectivity index (χ4v) is 1.69. The van der Waals surface area contributed by atoms with Crippen LogP contribution in [0.4, 0.5) is 5.69 Å². The van der Waals surface area contributed by atoms with Crippen LogP contribution in [0, 0.1) is 0 Å². The van der Waals surface area contributed by atoms with Gasteiger partial charge in [0.15, 0.2) is 5.69 Å². The monoisotopic (exact) mass is 278 g/mol. The van der Waals surface area contributed by atoms with E-state index in [-0.39, 0.29) is 11.4 Å². The van der Waals surface area contributed by atoms with Gasteiger partial charge in [0, 0.05) is 18.0 Å². The third-order valence-electron chi connectivity index (χ3n) is 2.41. The molecule has 0 atom stereocenters. The molecule has 2 rings (SSSR count). The van der Waals surface area contributed by atoms with Gasteiger partial charge in [0.25, 0.3) is 5.91 Å². The summed E-state index contributed by atoms with van der Waals surface area (Å²) < 4.78 is 5.05. The number of aromatic nitrogens is 1. The van der Waals surface area contributed by atoms with Crippen molar-refractivity contribution in [2.45, 2.75) is 0 Å². The van der Waals surface area contributed by atoms with E-state index in [1.807, 2.05) is 0 Å². The smallest absolute Gasteiger partial charge is 0.278 e. The highest BCUT2D eigenvalue weighted by molar-refractivity contribution is 6.32. The van der Waals surface area contributed by atoms with Gasteiger partial charge in [0.1, 0.15) is 11.5 Å². The molecule has 0 fully saturated rings. The lowest BCUT2D eigenvalue weighted by molar-refractivity contribution is 0.101. The average molecular weight is 279 g/mol. The third kappa shape index (κ3) is 2.95. The van der Waals surface area contributed by atoms with Crippen molar-refractivity contribution in [3.8, 4) is 11.5 Å². The van der Waals surface area contributed by atoms with Gasteiger partial charge < -0.3 is 15.2 Å². The standard InChI is InChI=1S/C13H11ClN2O3/c1-19-11-7-8(4-5-9(11)14)16-13(18)12-10(17)3-2-6-15-12/h2-7,17H,1H3,(H,16,18). The molecule has 98 valence electrons. The first kappa shape index (κ1) is 13.2. The molecule has 2 N–H and O–H groups in total. The number of hydrogen-bond donors (Lipinski definition) is 2. The number of halogens is 1. The summed E-state index contributed by atoms with van der Waals surface area (Å²) in [6.07, 6.45) is 1.43. The molecular weight excluding hydrogens is 268 g/mol. The molecule has 5 nitrogen and oxygen atoms in total. The number of hydrogen-bond acceptors (Lipinski definition) is 4. The maximum absolute atomic E-state index is 11.9. The highest BCUT2D eigenvalue weighted by Crippen LogP contribution is 2.27. The Kier molecular flexibility index (Phi) is 3.87. The van der Waals surface area contributed by atoms with Crippen LogP contribution in [0.15, 0.2) is 36.5 Å². The van der Waals surface area contributed by atoms with E-state index in [0.717, 1.165) is 0 Å². The van der Waals surface area contributed by atoms with Gasteiger partial charge in [-0.3, -0.25) is 4.79 Å². The predicted molar refractivity (Wildman–Crippen MR) is 71.9 cm³/mol. The predicted octanol–water partition coefficient (Wildman–Crippen LogP) is 2.70. The van der Waals surface area contributed by atoms with Crippen molar-refractivity contribution in [1.82, 2.24) is 4.98 Å². The van der Waals surface area contributed by atoms with Gasteiger partial charge in [0.2, 0.25) is 0 Å². The summed E-state index contributed by atoms with van der Waals surface area (Å²) in [6.45, 7) is 0. The second-order valence-electron chi connectivity index (χ2n) is 3.67. The van der Waals surface area contributed by atoms with Crippen LogP contribution in [-0.4, -0.2) is 23.1 Å². The summed E-state index contributed by atoms with van der Waals surface area (Å²) in [5.41, 5.74) is 0.452. The molecular formula is C13H11ClN2O3. The minimum atomic E-state index is -0.512. The van der Waals surface area contributed by atoms with Crippen LogP contribution < -0.4 is 10.1 Å². The fraction of sp³-hybridized carbons (Fsp3) is 0.0769. The SMILES string of the molecule is COc1cc(NC(=O)c2ncccc2O)ccc1Cl. The first-order chi connectivity index (χ1) is 9.11. The molecule has 0 unspecified atom stereocenters. The molecule has 0 aliphatic heterocycles. The number of nitrogens with zero attached hydrogens (tertiary/aromatic N) is 1. The summed E-state index contributed by atoms with van der Waals surface area (Å²) in [7, 11) is 1.48. The summed E-state index contributed by atoms with van der Waals surface area (Å²) >= 11 is 5.89. The summed E-state index contributed by atoms with van der Waals surface area (Å²) in [4.78, 5) is 15.7. The number of nitrogens with one attached hydrogen (secondary N) is 1. The Morgan fingerprint density at radius 1 is 1.42 bits per heavy atom.